The Bertz CT molecular complexity index is 1040. The first-order chi connectivity index (χ1) is 19.1. The fraction of sp³-hybridized carbons (Fsp3) is 0.633. The second kappa shape index (κ2) is 17.2. The molecule has 0 saturated heterocycles. The van der Waals surface area contributed by atoms with Crippen molar-refractivity contribution < 1.29 is 41.6 Å². The Morgan fingerprint density at radius 1 is 1.00 bits per heavy atom. The molecule has 0 heterocycles. The van der Waals surface area contributed by atoms with Crippen molar-refractivity contribution in [1.82, 2.24) is 0 Å². The Labute approximate surface area is 248 Å². The second-order valence-corrected chi connectivity index (χ2v) is 17.5. The number of ether oxygens (including phenoxy) is 3. The standard InChI is InChI=1S/C30H51O9PSi/c1-12-35-29(31)20-27(38-40(32,36-13-2)37-14-3)28(39-41(10,11)30(6,7)8)19-25(23(4)5)22-34-21-24-15-17-26(33-9)18-16-24/h15-18,20,28H,12-14,19,21-22H2,1-11H3/b27-20-. The molecule has 0 fully saturated rings. The Kier molecular flexibility index (Phi) is 15.6. The van der Waals surface area contributed by atoms with Gasteiger partial charge in [-0.15, -0.1) is 0 Å². The number of allylic oxidation sites excluding steroid dienone is 1. The van der Waals surface area contributed by atoms with Crippen LogP contribution in [0.3, 0.4) is 0 Å². The lowest BCUT2D eigenvalue weighted by atomic mass is 10.0. The van der Waals surface area contributed by atoms with Crippen molar-refractivity contribution in [3.8, 4) is 5.75 Å². The number of rotatable bonds is 18. The maximum Gasteiger partial charge on any atom is 0.529 e. The molecule has 1 atom stereocenters. The van der Waals surface area contributed by atoms with Crippen LogP contribution in [0.25, 0.3) is 0 Å². The number of methoxy groups -OCH3 is 1. The van der Waals surface area contributed by atoms with Crippen molar-refractivity contribution in [2.75, 3.05) is 33.5 Å². The van der Waals surface area contributed by atoms with Crippen molar-refractivity contribution in [3.63, 3.8) is 0 Å². The van der Waals surface area contributed by atoms with Crippen molar-refractivity contribution in [2.45, 2.75) is 92.7 Å². The Balaban J connectivity index is 3.45. The minimum atomic E-state index is -4.04. The summed E-state index contributed by atoms with van der Waals surface area (Å²) in [4.78, 5) is 12.7. The van der Waals surface area contributed by atoms with E-state index in [1.165, 1.54) is 6.08 Å². The Hall–Kier alpha value is -1.94. The van der Waals surface area contributed by atoms with Crippen LogP contribution in [0.15, 0.2) is 47.2 Å². The lowest BCUT2D eigenvalue weighted by Gasteiger charge is -2.40. The zero-order valence-corrected chi connectivity index (χ0v) is 28.7. The van der Waals surface area contributed by atoms with Crippen molar-refractivity contribution in [2.24, 2.45) is 0 Å². The predicted molar refractivity (Wildman–Crippen MR) is 164 cm³/mol. The van der Waals surface area contributed by atoms with E-state index in [0.29, 0.717) is 19.6 Å². The summed E-state index contributed by atoms with van der Waals surface area (Å²) < 4.78 is 53.5. The van der Waals surface area contributed by atoms with Crippen LogP contribution in [0.4, 0.5) is 0 Å². The zero-order valence-electron chi connectivity index (χ0n) is 26.8. The fourth-order valence-electron chi connectivity index (χ4n) is 3.39. The molecule has 41 heavy (non-hydrogen) atoms. The highest BCUT2D eigenvalue weighted by atomic mass is 31.2. The van der Waals surface area contributed by atoms with Crippen LogP contribution in [0.5, 0.6) is 5.75 Å². The summed E-state index contributed by atoms with van der Waals surface area (Å²) in [5.74, 6) is 0.175. The Morgan fingerprint density at radius 3 is 2.05 bits per heavy atom. The predicted octanol–water partition coefficient (Wildman–Crippen LogP) is 7.97. The minimum absolute atomic E-state index is 0.0346. The number of hydrogen-bond donors (Lipinski definition) is 0. The van der Waals surface area contributed by atoms with E-state index in [-0.39, 0.29) is 30.6 Å². The highest BCUT2D eigenvalue weighted by Crippen LogP contribution is 2.52. The molecule has 1 aromatic carbocycles. The van der Waals surface area contributed by atoms with Crippen LogP contribution in [0.1, 0.15) is 67.4 Å². The zero-order chi connectivity index (χ0) is 31.3. The van der Waals surface area contributed by atoms with Gasteiger partial charge in [0.1, 0.15) is 17.6 Å². The maximum atomic E-state index is 13.5. The first kappa shape index (κ1) is 37.1. The van der Waals surface area contributed by atoms with Gasteiger partial charge in [0.2, 0.25) is 0 Å². The van der Waals surface area contributed by atoms with Crippen molar-refractivity contribution in [1.29, 1.82) is 0 Å². The van der Waals surface area contributed by atoms with Crippen molar-refractivity contribution in [3.05, 3.63) is 52.8 Å². The van der Waals surface area contributed by atoms with E-state index >= 15 is 0 Å². The Morgan fingerprint density at radius 2 is 1.59 bits per heavy atom. The van der Waals surface area contributed by atoms with Gasteiger partial charge in [0, 0.05) is 6.42 Å². The topological polar surface area (TPSA) is 98.8 Å². The van der Waals surface area contributed by atoms with Gasteiger partial charge in [0.05, 0.1) is 46.2 Å². The van der Waals surface area contributed by atoms with Crippen LogP contribution in [-0.4, -0.2) is 53.9 Å². The van der Waals surface area contributed by atoms with Gasteiger partial charge >= 0.3 is 13.8 Å². The first-order valence-electron chi connectivity index (χ1n) is 14.1. The third-order valence-corrected chi connectivity index (χ3v) is 12.8. The van der Waals surface area contributed by atoms with Gasteiger partial charge < -0.3 is 23.2 Å². The largest absolute Gasteiger partial charge is 0.529 e. The van der Waals surface area contributed by atoms with Gasteiger partial charge in [0.25, 0.3) is 0 Å². The van der Waals surface area contributed by atoms with Gasteiger partial charge in [-0.25, -0.2) is 9.36 Å². The third kappa shape index (κ3) is 12.8. The lowest BCUT2D eigenvalue weighted by Crippen LogP contribution is -2.45. The smallest absolute Gasteiger partial charge is 0.497 e. The molecule has 0 N–H and O–H groups in total. The minimum Gasteiger partial charge on any atom is -0.497 e. The molecule has 234 valence electrons. The summed E-state index contributed by atoms with van der Waals surface area (Å²) >= 11 is 0. The molecule has 0 aromatic heterocycles. The van der Waals surface area contributed by atoms with Gasteiger partial charge in [-0.05, 0) is 76.0 Å². The van der Waals surface area contributed by atoms with Crippen LogP contribution >= 0.6 is 7.82 Å². The molecule has 0 aliphatic heterocycles. The van der Waals surface area contributed by atoms with Crippen LogP contribution < -0.4 is 4.74 Å². The summed E-state index contributed by atoms with van der Waals surface area (Å²) in [6.45, 7) is 20.7. The summed E-state index contributed by atoms with van der Waals surface area (Å²) in [6, 6.07) is 7.69. The summed E-state index contributed by atoms with van der Waals surface area (Å²) in [5, 5.41) is -0.153. The molecule has 11 heteroatoms. The molecule has 0 aliphatic rings. The average molecular weight is 615 g/mol. The monoisotopic (exact) mass is 614 g/mol. The van der Waals surface area contributed by atoms with Crippen LogP contribution in [0, 0.1) is 0 Å². The van der Waals surface area contributed by atoms with E-state index in [4.69, 9.17) is 32.2 Å². The number of benzene rings is 1. The van der Waals surface area contributed by atoms with Crippen molar-refractivity contribution >= 4 is 22.1 Å². The van der Waals surface area contributed by atoms with E-state index in [1.54, 1.807) is 27.9 Å². The van der Waals surface area contributed by atoms with E-state index < -0.39 is 28.2 Å². The molecule has 0 bridgehead atoms. The molecule has 0 saturated carbocycles. The van der Waals surface area contributed by atoms with E-state index in [2.05, 4.69) is 33.9 Å². The molecule has 1 unspecified atom stereocenters. The molecular weight excluding hydrogens is 563 g/mol. The highest BCUT2D eigenvalue weighted by Gasteiger charge is 2.42. The second-order valence-electron chi connectivity index (χ2n) is 11.2. The molecule has 0 aliphatic carbocycles. The molecule has 1 aromatic rings. The summed E-state index contributed by atoms with van der Waals surface area (Å²) in [6.07, 6.45) is 0.748. The number of carbonyl (C=O) groups excluding carboxylic acids is 1. The third-order valence-electron chi connectivity index (χ3n) is 6.74. The van der Waals surface area contributed by atoms with E-state index in [9.17, 15) is 9.36 Å². The van der Waals surface area contributed by atoms with Gasteiger partial charge in [-0.3, -0.25) is 9.05 Å². The first-order valence-corrected chi connectivity index (χ1v) is 18.5. The summed E-state index contributed by atoms with van der Waals surface area (Å²) in [5.41, 5.74) is 3.01. The molecule has 1 rings (SSSR count). The average Bonchev–Trinajstić information content (AvgIpc) is 2.87. The molecule has 0 spiro atoms. The SMILES string of the molecule is CCOC(=O)/C=C(\OP(=O)(OCC)OCC)C(CC(COCc1ccc(OC)cc1)=C(C)C)O[Si](C)(C)C(C)(C)C. The number of phosphoric acid groups is 1. The quantitative estimate of drug-likeness (QED) is 0.0407. The maximum absolute atomic E-state index is 13.5. The molecule has 9 nitrogen and oxygen atoms in total. The fourth-order valence-corrected chi connectivity index (χ4v) is 5.90. The number of hydrogen-bond acceptors (Lipinski definition) is 9. The van der Waals surface area contributed by atoms with E-state index in [0.717, 1.165) is 22.5 Å². The van der Waals surface area contributed by atoms with Crippen LogP contribution in [0.2, 0.25) is 18.1 Å². The van der Waals surface area contributed by atoms with Crippen LogP contribution in [-0.2, 0) is 43.4 Å². The number of carbonyl (C=O) groups is 1. The lowest BCUT2D eigenvalue weighted by molar-refractivity contribution is -0.137. The number of phosphoric ester groups is 1. The van der Waals surface area contributed by atoms with Gasteiger partial charge in [-0.1, -0.05) is 38.5 Å². The molecule has 0 radical (unpaired) electrons. The van der Waals surface area contributed by atoms with E-state index in [1.807, 2.05) is 38.1 Å². The number of esters is 1. The molecule has 0 amide bonds. The summed E-state index contributed by atoms with van der Waals surface area (Å²) in [7, 11) is -4.84. The van der Waals surface area contributed by atoms with Gasteiger partial charge in [0.15, 0.2) is 8.32 Å². The molecular formula is C30H51O9PSi. The normalized spacial score (nSPS) is 13.5. The van der Waals surface area contributed by atoms with Gasteiger partial charge in [-0.2, -0.15) is 0 Å². The highest BCUT2D eigenvalue weighted by molar-refractivity contribution is 7.48.